The zero-order chi connectivity index (χ0) is 14.8. The summed E-state index contributed by atoms with van der Waals surface area (Å²) in [5.41, 5.74) is 0.595. The average Bonchev–Trinajstić information content (AvgIpc) is 3.33. The molecule has 1 aromatic heterocycles. The van der Waals surface area contributed by atoms with Gasteiger partial charge in [0.05, 0.1) is 11.9 Å². The second-order valence-electron chi connectivity index (χ2n) is 6.08. The number of aromatic nitrogens is 2. The molecule has 0 atom stereocenters. The second-order valence-corrected chi connectivity index (χ2v) is 6.46. The molecule has 1 N–H and O–H groups in total. The standard InChI is InChI=1S/C15H23ClN4O/c1-2-20-15(21)14(16)13(10-18-20)19-7-5-12(6-8-19)17-9-11-3-4-11/h10-12,17H,2-9H2,1H3. The van der Waals surface area contributed by atoms with Gasteiger partial charge in [0.25, 0.3) is 5.56 Å². The van der Waals surface area contributed by atoms with Crippen molar-refractivity contribution in [1.82, 2.24) is 15.1 Å². The molecule has 1 saturated carbocycles. The number of hydrogen-bond acceptors (Lipinski definition) is 4. The first-order chi connectivity index (χ1) is 10.2. The quantitative estimate of drug-likeness (QED) is 0.902. The fraction of sp³-hybridized carbons (Fsp3) is 0.733. The largest absolute Gasteiger partial charge is 0.369 e. The molecule has 0 bridgehead atoms. The SMILES string of the molecule is CCn1ncc(N2CCC(NCC3CC3)CC2)c(Cl)c1=O. The number of hydrogen-bond donors (Lipinski definition) is 1. The van der Waals surface area contributed by atoms with E-state index in [4.69, 9.17) is 11.6 Å². The Kier molecular flexibility index (Phi) is 4.50. The van der Waals surface area contributed by atoms with Crippen LogP contribution in [0.5, 0.6) is 0 Å². The van der Waals surface area contributed by atoms with E-state index in [0.717, 1.165) is 37.5 Å². The van der Waals surface area contributed by atoms with Gasteiger partial charge in [0.2, 0.25) is 0 Å². The summed E-state index contributed by atoms with van der Waals surface area (Å²) in [4.78, 5) is 14.2. The molecule has 0 unspecified atom stereocenters. The Balaban J connectivity index is 1.61. The highest BCUT2D eigenvalue weighted by Gasteiger charge is 2.25. The zero-order valence-electron chi connectivity index (χ0n) is 12.5. The first-order valence-corrected chi connectivity index (χ1v) is 8.30. The molecule has 0 radical (unpaired) electrons. The molecule has 0 amide bonds. The molecule has 2 fully saturated rings. The van der Waals surface area contributed by atoms with Gasteiger partial charge in [0.1, 0.15) is 5.02 Å². The van der Waals surface area contributed by atoms with Crippen molar-refractivity contribution in [1.29, 1.82) is 0 Å². The molecule has 1 aliphatic carbocycles. The summed E-state index contributed by atoms with van der Waals surface area (Å²) < 4.78 is 1.40. The summed E-state index contributed by atoms with van der Waals surface area (Å²) in [6.45, 7) is 5.46. The summed E-state index contributed by atoms with van der Waals surface area (Å²) >= 11 is 6.23. The van der Waals surface area contributed by atoms with Crippen LogP contribution >= 0.6 is 11.6 Å². The maximum atomic E-state index is 12.0. The summed E-state index contributed by atoms with van der Waals surface area (Å²) in [6, 6.07) is 0.601. The lowest BCUT2D eigenvalue weighted by Crippen LogP contribution is -2.43. The van der Waals surface area contributed by atoms with E-state index in [1.165, 1.54) is 24.1 Å². The highest BCUT2D eigenvalue weighted by molar-refractivity contribution is 6.33. The van der Waals surface area contributed by atoms with Gasteiger partial charge in [-0.2, -0.15) is 5.10 Å². The van der Waals surface area contributed by atoms with Crippen molar-refractivity contribution < 1.29 is 0 Å². The molecule has 2 heterocycles. The number of nitrogens with one attached hydrogen (secondary N) is 1. The van der Waals surface area contributed by atoms with Crippen molar-refractivity contribution in [2.75, 3.05) is 24.5 Å². The fourth-order valence-corrected chi connectivity index (χ4v) is 3.15. The Labute approximate surface area is 130 Å². The van der Waals surface area contributed by atoms with E-state index < -0.39 is 0 Å². The molecule has 5 nitrogen and oxygen atoms in total. The highest BCUT2D eigenvalue weighted by atomic mass is 35.5. The van der Waals surface area contributed by atoms with Crippen molar-refractivity contribution in [2.24, 2.45) is 5.92 Å². The van der Waals surface area contributed by atoms with Gasteiger partial charge < -0.3 is 10.2 Å². The van der Waals surface area contributed by atoms with Crippen LogP contribution in [0.25, 0.3) is 0 Å². The minimum absolute atomic E-state index is 0.189. The minimum atomic E-state index is -0.189. The van der Waals surface area contributed by atoms with Crippen LogP contribution in [0.2, 0.25) is 5.02 Å². The number of anilines is 1. The van der Waals surface area contributed by atoms with E-state index in [9.17, 15) is 4.79 Å². The number of rotatable bonds is 5. The van der Waals surface area contributed by atoms with E-state index in [0.29, 0.717) is 17.6 Å². The number of nitrogens with zero attached hydrogens (tertiary/aromatic N) is 3. The Morgan fingerprint density at radius 1 is 1.33 bits per heavy atom. The molecule has 2 aliphatic rings. The third kappa shape index (κ3) is 3.40. The van der Waals surface area contributed by atoms with Crippen molar-refractivity contribution in [3.8, 4) is 0 Å². The molecular formula is C15H23ClN4O. The topological polar surface area (TPSA) is 50.2 Å². The summed E-state index contributed by atoms with van der Waals surface area (Å²) in [7, 11) is 0. The molecule has 0 spiro atoms. The molecule has 1 aromatic rings. The Bertz CT molecular complexity index is 547. The van der Waals surface area contributed by atoms with Crippen LogP contribution in [0.1, 0.15) is 32.6 Å². The number of piperidine rings is 1. The first-order valence-electron chi connectivity index (χ1n) is 7.93. The maximum Gasteiger partial charge on any atom is 0.287 e. The highest BCUT2D eigenvalue weighted by Crippen LogP contribution is 2.29. The molecule has 3 rings (SSSR count). The summed E-state index contributed by atoms with van der Waals surface area (Å²) in [6.07, 6.45) is 6.70. The molecule has 21 heavy (non-hydrogen) atoms. The maximum absolute atomic E-state index is 12.0. The number of halogens is 1. The molecule has 0 aromatic carbocycles. The summed E-state index contributed by atoms with van der Waals surface area (Å²) in [5, 5.41) is 8.14. The zero-order valence-corrected chi connectivity index (χ0v) is 13.3. The smallest absolute Gasteiger partial charge is 0.287 e. The van der Waals surface area contributed by atoms with Crippen LogP contribution in [0.15, 0.2) is 11.0 Å². The predicted octanol–water partition coefficient (Wildman–Crippen LogP) is 1.88. The molecule has 116 valence electrons. The van der Waals surface area contributed by atoms with Crippen molar-refractivity contribution in [2.45, 2.75) is 45.2 Å². The summed E-state index contributed by atoms with van der Waals surface area (Å²) in [5.74, 6) is 0.920. The average molecular weight is 311 g/mol. The monoisotopic (exact) mass is 310 g/mol. The first kappa shape index (κ1) is 14.9. The van der Waals surface area contributed by atoms with Crippen LogP contribution in [0, 0.1) is 5.92 Å². The lowest BCUT2D eigenvalue weighted by Gasteiger charge is -2.34. The lowest BCUT2D eigenvalue weighted by atomic mass is 10.0. The minimum Gasteiger partial charge on any atom is -0.369 e. The van der Waals surface area contributed by atoms with Gasteiger partial charge in [-0.25, -0.2) is 4.68 Å². The Morgan fingerprint density at radius 2 is 2.05 bits per heavy atom. The van der Waals surface area contributed by atoms with Gasteiger partial charge in [0, 0.05) is 25.7 Å². The van der Waals surface area contributed by atoms with Gasteiger partial charge in [-0.05, 0) is 45.1 Å². The van der Waals surface area contributed by atoms with E-state index in [1.807, 2.05) is 6.92 Å². The van der Waals surface area contributed by atoms with Gasteiger partial charge >= 0.3 is 0 Å². The Morgan fingerprint density at radius 3 is 2.67 bits per heavy atom. The fourth-order valence-electron chi connectivity index (χ4n) is 2.88. The van der Waals surface area contributed by atoms with Crippen LogP contribution in [-0.4, -0.2) is 35.5 Å². The van der Waals surface area contributed by atoms with Crippen LogP contribution < -0.4 is 15.8 Å². The third-order valence-corrected chi connectivity index (χ3v) is 4.85. The third-order valence-electron chi connectivity index (χ3n) is 4.49. The van der Waals surface area contributed by atoms with Gasteiger partial charge in [-0.15, -0.1) is 0 Å². The van der Waals surface area contributed by atoms with E-state index in [1.54, 1.807) is 6.20 Å². The number of aryl methyl sites for hydroxylation is 1. The molecule has 1 saturated heterocycles. The van der Waals surface area contributed by atoms with Crippen LogP contribution in [-0.2, 0) is 6.54 Å². The second kappa shape index (κ2) is 6.36. The van der Waals surface area contributed by atoms with E-state index in [-0.39, 0.29) is 5.56 Å². The van der Waals surface area contributed by atoms with Gasteiger partial charge in [-0.1, -0.05) is 11.6 Å². The van der Waals surface area contributed by atoms with E-state index in [2.05, 4.69) is 15.3 Å². The van der Waals surface area contributed by atoms with Crippen LogP contribution in [0.3, 0.4) is 0 Å². The normalized spacial score (nSPS) is 20.0. The van der Waals surface area contributed by atoms with E-state index >= 15 is 0 Å². The van der Waals surface area contributed by atoms with Crippen molar-refractivity contribution >= 4 is 17.3 Å². The lowest BCUT2D eigenvalue weighted by molar-refractivity contribution is 0.408. The molecular weight excluding hydrogens is 288 g/mol. The van der Waals surface area contributed by atoms with Gasteiger partial charge in [-0.3, -0.25) is 4.79 Å². The van der Waals surface area contributed by atoms with Gasteiger partial charge in [0.15, 0.2) is 0 Å². The van der Waals surface area contributed by atoms with Crippen molar-refractivity contribution in [3.05, 3.63) is 21.6 Å². The Hall–Kier alpha value is -1.07. The molecule has 1 aliphatic heterocycles. The van der Waals surface area contributed by atoms with Crippen LogP contribution in [0.4, 0.5) is 5.69 Å². The molecule has 6 heteroatoms. The predicted molar refractivity (Wildman–Crippen MR) is 85.1 cm³/mol. The van der Waals surface area contributed by atoms with Crippen molar-refractivity contribution in [3.63, 3.8) is 0 Å².